The van der Waals surface area contributed by atoms with Gasteiger partial charge in [-0.2, -0.15) is 0 Å². The molecule has 1 N–H and O–H groups in total. The van der Waals surface area contributed by atoms with Gasteiger partial charge in [0.2, 0.25) is 0 Å². The molecule has 2 aliphatic rings. The zero-order chi connectivity index (χ0) is 21.1. The molecule has 1 saturated heterocycles. The maximum Gasteiger partial charge on any atom is 0.165 e. The van der Waals surface area contributed by atoms with E-state index >= 15 is 0 Å². The van der Waals surface area contributed by atoms with Gasteiger partial charge < -0.3 is 14.6 Å². The highest BCUT2D eigenvalue weighted by molar-refractivity contribution is 6.33. The molecule has 7 nitrogen and oxygen atoms in total. The first-order valence-electron chi connectivity index (χ1n) is 10.5. The lowest BCUT2D eigenvalue weighted by Gasteiger charge is -2.16. The molecule has 2 fully saturated rings. The Labute approximate surface area is 183 Å². The monoisotopic (exact) mass is 436 g/mol. The predicted molar refractivity (Wildman–Crippen MR) is 117 cm³/mol. The SMILES string of the molecule is Cc1nc2ccc(C3CC3)nc2n2c(-c3cc(OC4COCC4O)ccc3Cl)ncc12. The molecule has 1 aliphatic carbocycles. The Morgan fingerprint density at radius 3 is 2.81 bits per heavy atom. The number of pyridine rings is 1. The molecule has 2 atom stereocenters. The minimum atomic E-state index is -0.644. The normalized spacial score (nSPS) is 21.3. The summed E-state index contributed by atoms with van der Waals surface area (Å²) in [5.41, 5.74) is 5.20. The van der Waals surface area contributed by atoms with Gasteiger partial charge in [-0.1, -0.05) is 11.6 Å². The first-order valence-corrected chi connectivity index (χ1v) is 10.8. The van der Waals surface area contributed by atoms with E-state index in [0.29, 0.717) is 29.1 Å². The van der Waals surface area contributed by atoms with E-state index in [1.165, 1.54) is 12.8 Å². The number of benzene rings is 1. The average molecular weight is 437 g/mol. The third kappa shape index (κ3) is 3.24. The lowest BCUT2D eigenvalue weighted by atomic mass is 10.2. The van der Waals surface area contributed by atoms with Gasteiger partial charge in [-0.25, -0.2) is 15.0 Å². The van der Waals surface area contributed by atoms with E-state index < -0.39 is 12.2 Å². The molecule has 3 aromatic heterocycles. The molecule has 1 aliphatic heterocycles. The summed E-state index contributed by atoms with van der Waals surface area (Å²) < 4.78 is 13.3. The summed E-state index contributed by atoms with van der Waals surface area (Å²) in [6.07, 6.45) is 3.12. The van der Waals surface area contributed by atoms with Crippen molar-refractivity contribution in [3.8, 4) is 17.1 Å². The van der Waals surface area contributed by atoms with Gasteiger partial charge in [0.15, 0.2) is 5.65 Å². The second-order valence-corrected chi connectivity index (χ2v) is 8.66. The van der Waals surface area contributed by atoms with Crippen molar-refractivity contribution < 1.29 is 14.6 Å². The number of aliphatic hydroxyl groups excluding tert-OH is 1. The number of hydrogen-bond donors (Lipinski definition) is 1. The molecule has 4 aromatic rings. The number of halogens is 1. The van der Waals surface area contributed by atoms with Crippen LogP contribution < -0.4 is 4.74 Å². The molecule has 158 valence electrons. The van der Waals surface area contributed by atoms with Crippen LogP contribution in [0.1, 0.15) is 30.1 Å². The third-order valence-electron chi connectivity index (χ3n) is 5.97. The van der Waals surface area contributed by atoms with E-state index in [1.54, 1.807) is 18.3 Å². The van der Waals surface area contributed by atoms with Gasteiger partial charge in [-0.15, -0.1) is 0 Å². The van der Waals surface area contributed by atoms with Crippen LogP contribution in [0.25, 0.3) is 28.1 Å². The number of hydrogen-bond acceptors (Lipinski definition) is 6. The highest BCUT2D eigenvalue weighted by Crippen LogP contribution is 2.40. The van der Waals surface area contributed by atoms with Crippen LogP contribution in [0.15, 0.2) is 36.5 Å². The minimum Gasteiger partial charge on any atom is -0.485 e. The van der Waals surface area contributed by atoms with Crippen LogP contribution in [0.4, 0.5) is 0 Å². The zero-order valence-electron chi connectivity index (χ0n) is 17.0. The molecular formula is C23H21ClN4O3. The average Bonchev–Trinajstić information content (AvgIpc) is 3.40. The quantitative estimate of drug-likeness (QED) is 0.522. The Kier molecular flexibility index (Phi) is 4.38. The molecule has 8 heteroatoms. The van der Waals surface area contributed by atoms with Crippen LogP contribution in [-0.4, -0.2) is 49.9 Å². The van der Waals surface area contributed by atoms with Crippen LogP contribution in [0, 0.1) is 6.92 Å². The summed E-state index contributed by atoms with van der Waals surface area (Å²) in [5.74, 6) is 1.82. The van der Waals surface area contributed by atoms with Crippen LogP contribution in [0.5, 0.6) is 5.75 Å². The number of ether oxygens (including phenoxy) is 2. The predicted octanol–water partition coefficient (Wildman–Crippen LogP) is 3.92. The molecule has 0 bridgehead atoms. The summed E-state index contributed by atoms with van der Waals surface area (Å²) in [4.78, 5) is 14.4. The molecule has 0 radical (unpaired) electrons. The van der Waals surface area contributed by atoms with Crippen molar-refractivity contribution in [1.29, 1.82) is 0 Å². The van der Waals surface area contributed by atoms with E-state index in [-0.39, 0.29) is 6.61 Å². The Balaban J connectivity index is 1.52. The maximum absolute atomic E-state index is 10.0. The molecule has 31 heavy (non-hydrogen) atoms. The Hall–Kier alpha value is -2.74. The van der Waals surface area contributed by atoms with Crippen LogP contribution in [0.2, 0.25) is 5.02 Å². The van der Waals surface area contributed by atoms with Gasteiger partial charge in [-0.05, 0) is 50.1 Å². The van der Waals surface area contributed by atoms with Gasteiger partial charge in [0.1, 0.15) is 29.3 Å². The van der Waals surface area contributed by atoms with Gasteiger partial charge in [0, 0.05) is 17.2 Å². The number of imidazole rings is 1. The first-order chi connectivity index (χ1) is 15.1. The fourth-order valence-electron chi connectivity index (χ4n) is 4.12. The summed E-state index contributed by atoms with van der Waals surface area (Å²) in [5, 5.41) is 10.6. The van der Waals surface area contributed by atoms with Crippen molar-refractivity contribution in [2.75, 3.05) is 13.2 Å². The van der Waals surface area contributed by atoms with Crippen molar-refractivity contribution in [2.24, 2.45) is 0 Å². The largest absolute Gasteiger partial charge is 0.485 e. The molecule has 1 aromatic carbocycles. The lowest BCUT2D eigenvalue weighted by molar-refractivity contribution is 0.0734. The standard InChI is InChI=1S/C23H21ClN4O3/c1-12-19-9-25-22(28(19)23-18(26-12)7-6-17(27-23)13-2-3-13)15-8-14(4-5-16(15)24)31-21-11-30-10-20(21)29/h4-9,13,20-21,29H,2-3,10-11H2,1H3. The van der Waals surface area contributed by atoms with E-state index in [2.05, 4.69) is 11.1 Å². The maximum atomic E-state index is 10.0. The Bertz CT molecular complexity index is 1320. The molecule has 6 rings (SSSR count). The summed E-state index contributed by atoms with van der Waals surface area (Å²) >= 11 is 6.60. The molecule has 4 heterocycles. The fourth-order valence-corrected chi connectivity index (χ4v) is 4.33. The van der Waals surface area contributed by atoms with Gasteiger partial charge >= 0.3 is 0 Å². The van der Waals surface area contributed by atoms with Gasteiger partial charge in [0.05, 0.1) is 35.6 Å². The summed E-state index contributed by atoms with van der Waals surface area (Å²) in [6, 6.07) is 9.55. The van der Waals surface area contributed by atoms with Crippen LogP contribution in [0.3, 0.4) is 0 Å². The van der Waals surface area contributed by atoms with E-state index in [1.807, 2.05) is 23.5 Å². The fraction of sp³-hybridized carbons (Fsp3) is 0.348. The molecule has 1 saturated carbocycles. The number of aliphatic hydroxyl groups is 1. The smallest absolute Gasteiger partial charge is 0.165 e. The van der Waals surface area contributed by atoms with Gasteiger partial charge in [-0.3, -0.25) is 4.40 Å². The minimum absolute atomic E-state index is 0.281. The van der Waals surface area contributed by atoms with Crippen molar-refractivity contribution in [3.63, 3.8) is 0 Å². The van der Waals surface area contributed by atoms with E-state index in [4.69, 9.17) is 31.0 Å². The van der Waals surface area contributed by atoms with Crippen LogP contribution >= 0.6 is 11.6 Å². The van der Waals surface area contributed by atoms with Crippen LogP contribution in [-0.2, 0) is 4.74 Å². The van der Waals surface area contributed by atoms with Crippen molar-refractivity contribution >= 4 is 28.3 Å². The number of aryl methyl sites for hydroxylation is 1. The zero-order valence-corrected chi connectivity index (χ0v) is 17.7. The van der Waals surface area contributed by atoms with Crippen molar-refractivity contribution in [2.45, 2.75) is 37.9 Å². The lowest BCUT2D eigenvalue weighted by Crippen LogP contribution is -2.29. The molecular weight excluding hydrogens is 416 g/mol. The highest BCUT2D eigenvalue weighted by atomic mass is 35.5. The second-order valence-electron chi connectivity index (χ2n) is 8.26. The highest BCUT2D eigenvalue weighted by Gasteiger charge is 2.29. The molecule has 0 spiro atoms. The van der Waals surface area contributed by atoms with Crippen molar-refractivity contribution in [3.05, 3.63) is 52.9 Å². The van der Waals surface area contributed by atoms with Gasteiger partial charge in [0.25, 0.3) is 0 Å². The number of nitrogens with zero attached hydrogens (tertiary/aromatic N) is 4. The van der Waals surface area contributed by atoms with Crippen molar-refractivity contribution in [1.82, 2.24) is 19.4 Å². The number of rotatable bonds is 4. The second kappa shape index (κ2) is 7.15. The summed E-state index contributed by atoms with van der Waals surface area (Å²) in [6.45, 7) is 2.61. The first kappa shape index (κ1) is 19.0. The van der Waals surface area contributed by atoms with E-state index in [0.717, 1.165) is 33.6 Å². The third-order valence-corrected chi connectivity index (χ3v) is 6.30. The Morgan fingerprint density at radius 2 is 2.03 bits per heavy atom. The van der Waals surface area contributed by atoms with E-state index in [9.17, 15) is 5.11 Å². The number of fused-ring (bicyclic) bond motifs is 3. The molecule has 2 unspecified atom stereocenters. The number of aromatic nitrogens is 4. The summed E-state index contributed by atoms with van der Waals surface area (Å²) in [7, 11) is 0. The topological polar surface area (TPSA) is 81.8 Å². The Morgan fingerprint density at radius 1 is 1.16 bits per heavy atom. The molecule has 0 amide bonds.